The number of ether oxygens (including phenoxy) is 2. The van der Waals surface area contributed by atoms with Crippen LogP contribution in [0.2, 0.25) is 0 Å². The Hall–Kier alpha value is -1.83. The first kappa shape index (κ1) is 21.0. The Morgan fingerprint density at radius 2 is 1.58 bits per heavy atom. The van der Waals surface area contributed by atoms with Gasteiger partial charge in [-0.1, -0.05) is 12.1 Å². The van der Waals surface area contributed by atoms with Crippen molar-refractivity contribution in [3.8, 4) is 0 Å². The van der Waals surface area contributed by atoms with Crippen LogP contribution in [0.25, 0.3) is 0 Å². The highest BCUT2D eigenvalue weighted by Gasteiger charge is 2.49. The van der Waals surface area contributed by atoms with Crippen molar-refractivity contribution in [3.63, 3.8) is 0 Å². The number of nitrogens with one attached hydrogen (secondary N) is 1. The fraction of sp³-hybridized carbons (Fsp3) is 0.708. The summed E-state index contributed by atoms with van der Waals surface area (Å²) in [5.74, 6) is 0.0588. The van der Waals surface area contributed by atoms with Gasteiger partial charge in [-0.15, -0.1) is 0 Å². The lowest BCUT2D eigenvalue weighted by Crippen LogP contribution is -2.47. The molecule has 7 heteroatoms. The minimum absolute atomic E-state index is 0.0588. The number of hydrogen-bond acceptors (Lipinski definition) is 7. The number of benzene rings is 1. The van der Waals surface area contributed by atoms with Gasteiger partial charge in [0.25, 0.3) is 0 Å². The fourth-order valence-electron chi connectivity index (χ4n) is 5.65. The SMILES string of the molecule is O=C1OC(CCN2CCN(c3ccccc3N3CCOCC3)CC2)CC12CCNCC2. The molecule has 0 saturated carbocycles. The van der Waals surface area contributed by atoms with Gasteiger partial charge < -0.3 is 24.6 Å². The van der Waals surface area contributed by atoms with Gasteiger partial charge in [-0.05, 0) is 44.5 Å². The van der Waals surface area contributed by atoms with Crippen molar-refractivity contribution in [2.45, 2.75) is 31.8 Å². The number of piperazine rings is 1. The summed E-state index contributed by atoms with van der Waals surface area (Å²) in [5.41, 5.74) is 2.49. The molecule has 1 aromatic carbocycles. The Balaban J connectivity index is 1.12. The molecule has 4 fully saturated rings. The van der Waals surface area contributed by atoms with E-state index in [1.165, 1.54) is 11.4 Å². The Labute approximate surface area is 185 Å². The maximum absolute atomic E-state index is 12.5. The van der Waals surface area contributed by atoms with E-state index in [1.807, 2.05) is 0 Å². The molecule has 5 rings (SSSR count). The molecule has 1 spiro atoms. The third-order valence-corrected chi connectivity index (χ3v) is 7.60. The third kappa shape index (κ3) is 4.54. The third-order valence-electron chi connectivity index (χ3n) is 7.60. The quantitative estimate of drug-likeness (QED) is 0.717. The monoisotopic (exact) mass is 428 g/mol. The maximum Gasteiger partial charge on any atom is 0.312 e. The highest BCUT2D eigenvalue weighted by Crippen LogP contribution is 2.42. The van der Waals surface area contributed by atoms with E-state index in [0.29, 0.717) is 0 Å². The Morgan fingerprint density at radius 1 is 0.935 bits per heavy atom. The number of carbonyl (C=O) groups is 1. The molecular formula is C24H36N4O3. The van der Waals surface area contributed by atoms with E-state index in [-0.39, 0.29) is 17.5 Å². The van der Waals surface area contributed by atoms with Gasteiger partial charge in [0.05, 0.1) is 30.0 Å². The van der Waals surface area contributed by atoms with E-state index >= 15 is 0 Å². The van der Waals surface area contributed by atoms with Crippen LogP contribution < -0.4 is 15.1 Å². The summed E-state index contributed by atoms with van der Waals surface area (Å²) in [4.78, 5) is 20.0. The number of piperidine rings is 1. The van der Waals surface area contributed by atoms with Gasteiger partial charge in [-0.2, -0.15) is 0 Å². The van der Waals surface area contributed by atoms with E-state index in [0.717, 1.165) is 97.8 Å². The molecule has 4 aliphatic rings. The van der Waals surface area contributed by atoms with Crippen LogP contribution in [-0.2, 0) is 14.3 Å². The molecule has 1 atom stereocenters. The van der Waals surface area contributed by atoms with Gasteiger partial charge >= 0.3 is 5.97 Å². The summed E-state index contributed by atoms with van der Waals surface area (Å²) in [5, 5.41) is 3.37. The summed E-state index contributed by atoms with van der Waals surface area (Å²) in [7, 11) is 0. The van der Waals surface area contributed by atoms with Crippen LogP contribution in [0, 0.1) is 5.41 Å². The molecular weight excluding hydrogens is 392 g/mol. The molecule has 31 heavy (non-hydrogen) atoms. The molecule has 0 radical (unpaired) electrons. The van der Waals surface area contributed by atoms with Crippen LogP contribution in [0.15, 0.2) is 24.3 Å². The first-order valence-corrected chi connectivity index (χ1v) is 12.0. The van der Waals surface area contributed by atoms with Crippen molar-refractivity contribution in [3.05, 3.63) is 24.3 Å². The van der Waals surface area contributed by atoms with E-state index in [4.69, 9.17) is 9.47 Å². The number of carbonyl (C=O) groups excluding carboxylic acids is 1. The number of anilines is 2. The summed E-state index contributed by atoms with van der Waals surface area (Å²) in [6.45, 7) is 10.7. The van der Waals surface area contributed by atoms with Gasteiger partial charge in [-0.3, -0.25) is 9.69 Å². The lowest BCUT2D eigenvalue weighted by molar-refractivity contribution is -0.150. The minimum Gasteiger partial charge on any atom is -0.462 e. The number of para-hydroxylation sites is 2. The van der Waals surface area contributed by atoms with Crippen molar-refractivity contribution >= 4 is 17.3 Å². The summed E-state index contributed by atoms with van der Waals surface area (Å²) >= 11 is 0. The molecule has 4 saturated heterocycles. The summed E-state index contributed by atoms with van der Waals surface area (Å²) in [6, 6.07) is 8.80. The van der Waals surface area contributed by atoms with Crippen molar-refractivity contribution in [2.24, 2.45) is 5.41 Å². The van der Waals surface area contributed by atoms with E-state index in [2.05, 4.69) is 44.3 Å². The van der Waals surface area contributed by atoms with Crippen LogP contribution in [0.3, 0.4) is 0 Å². The van der Waals surface area contributed by atoms with Gasteiger partial charge in [0.2, 0.25) is 0 Å². The highest BCUT2D eigenvalue weighted by molar-refractivity contribution is 5.79. The lowest BCUT2D eigenvalue weighted by atomic mass is 9.76. The predicted molar refractivity (Wildman–Crippen MR) is 122 cm³/mol. The van der Waals surface area contributed by atoms with E-state index < -0.39 is 0 Å². The van der Waals surface area contributed by atoms with E-state index in [1.54, 1.807) is 0 Å². The smallest absolute Gasteiger partial charge is 0.312 e. The van der Waals surface area contributed by atoms with Crippen LogP contribution in [0.4, 0.5) is 11.4 Å². The second-order valence-electron chi connectivity index (χ2n) is 9.47. The van der Waals surface area contributed by atoms with Gasteiger partial charge in [-0.25, -0.2) is 0 Å². The van der Waals surface area contributed by atoms with Crippen molar-refractivity contribution < 1.29 is 14.3 Å². The zero-order chi connectivity index (χ0) is 21.1. The minimum atomic E-state index is -0.197. The zero-order valence-corrected chi connectivity index (χ0v) is 18.6. The van der Waals surface area contributed by atoms with Crippen LogP contribution in [-0.4, -0.2) is 89.1 Å². The molecule has 4 heterocycles. The molecule has 1 N–H and O–H groups in total. The largest absolute Gasteiger partial charge is 0.462 e. The maximum atomic E-state index is 12.5. The van der Waals surface area contributed by atoms with Crippen molar-refractivity contribution in [1.82, 2.24) is 10.2 Å². The molecule has 1 aromatic rings. The lowest BCUT2D eigenvalue weighted by Gasteiger charge is -2.39. The predicted octanol–water partition coefficient (Wildman–Crippen LogP) is 1.72. The molecule has 0 aromatic heterocycles. The number of esters is 1. The Bertz CT molecular complexity index is 753. The van der Waals surface area contributed by atoms with E-state index in [9.17, 15) is 4.79 Å². The van der Waals surface area contributed by atoms with Crippen LogP contribution >= 0.6 is 0 Å². The second kappa shape index (κ2) is 9.35. The van der Waals surface area contributed by atoms with Crippen molar-refractivity contribution in [1.29, 1.82) is 0 Å². The Morgan fingerprint density at radius 3 is 2.26 bits per heavy atom. The molecule has 170 valence electrons. The molecule has 7 nitrogen and oxygen atoms in total. The first-order valence-electron chi connectivity index (χ1n) is 12.0. The average Bonchev–Trinajstić information content (AvgIpc) is 3.13. The first-order chi connectivity index (χ1) is 15.2. The van der Waals surface area contributed by atoms with Gasteiger partial charge in [0.15, 0.2) is 0 Å². The fourth-order valence-corrected chi connectivity index (χ4v) is 5.65. The topological polar surface area (TPSA) is 57.3 Å². The normalized spacial score (nSPS) is 27.0. The van der Waals surface area contributed by atoms with Gasteiger partial charge in [0.1, 0.15) is 6.10 Å². The number of rotatable bonds is 5. The molecule has 1 unspecified atom stereocenters. The Kier molecular flexibility index (Phi) is 6.34. The standard InChI is InChI=1S/C24H36N4O3/c29-23-24(6-8-25-9-7-24)19-20(31-23)5-10-26-11-13-27(14-12-26)21-3-1-2-4-22(21)28-15-17-30-18-16-28/h1-4,20,25H,5-19H2. The summed E-state index contributed by atoms with van der Waals surface area (Å²) < 4.78 is 11.3. The molecule has 0 aliphatic carbocycles. The number of cyclic esters (lactones) is 1. The van der Waals surface area contributed by atoms with Crippen molar-refractivity contribution in [2.75, 3.05) is 81.9 Å². The molecule has 0 bridgehead atoms. The molecule has 0 amide bonds. The van der Waals surface area contributed by atoms with Crippen LogP contribution in [0.5, 0.6) is 0 Å². The molecule has 4 aliphatic heterocycles. The number of hydrogen-bond donors (Lipinski definition) is 1. The number of morpholine rings is 1. The number of nitrogens with zero attached hydrogens (tertiary/aromatic N) is 3. The average molecular weight is 429 g/mol. The second-order valence-corrected chi connectivity index (χ2v) is 9.47. The zero-order valence-electron chi connectivity index (χ0n) is 18.6. The van der Waals surface area contributed by atoms with Gasteiger partial charge in [0, 0.05) is 52.2 Å². The highest BCUT2D eigenvalue weighted by atomic mass is 16.6. The summed E-state index contributed by atoms with van der Waals surface area (Å²) in [6.07, 6.45) is 3.85. The van der Waals surface area contributed by atoms with Crippen LogP contribution in [0.1, 0.15) is 25.7 Å².